The Hall–Kier alpha value is -2.69. The molecule has 0 spiro atoms. The van der Waals surface area contributed by atoms with Crippen LogP contribution in [0, 0.1) is 11.7 Å². The van der Waals surface area contributed by atoms with Gasteiger partial charge < -0.3 is 9.88 Å². The van der Waals surface area contributed by atoms with Gasteiger partial charge in [0.25, 0.3) is 0 Å². The number of aromatic nitrogens is 2. The van der Waals surface area contributed by atoms with Crippen LogP contribution in [0.15, 0.2) is 48.5 Å². The zero-order valence-corrected chi connectivity index (χ0v) is 18.0. The van der Waals surface area contributed by atoms with Crippen LogP contribution in [0.1, 0.15) is 57.3 Å². The number of halogens is 1. The van der Waals surface area contributed by atoms with E-state index >= 15 is 0 Å². The number of nitrogens with one attached hydrogen (secondary N) is 1. The first-order chi connectivity index (χ1) is 14.6. The van der Waals surface area contributed by atoms with Gasteiger partial charge in [0.05, 0.1) is 17.6 Å². The molecule has 0 saturated carbocycles. The van der Waals surface area contributed by atoms with Crippen molar-refractivity contribution in [1.29, 1.82) is 0 Å². The molecule has 0 aliphatic rings. The SMILES string of the molecule is CCC(CC)C(=O)NCCCCCc1nc2ccccc2n1Cc1ccccc1F. The predicted molar refractivity (Wildman–Crippen MR) is 120 cm³/mol. The fraction of sp³-hybridized carbons (Fsp3) is 0.440. The lowest BCUT2D eigenvalue weighted by Crippen LogP contribution is -2.30. The van der Waals surface area contributed by atoms with Crippen LogP contribution in [0.2, 0.25) is 0 Å². The lowest BCUT2D eigenvalue weighted by Gasteiger charge is -2.12. The van der Waals surface area contributed by atoms with Crippen molar-refractivity contribution >= 4 is 16.9 Å². The third-order valence-electron chi connectivity index (χ3n) is 5.75. The Morgan fingerprint density at radius 2 is 1.77 bits per heavy atom. The van der Waals surface area contributed by atoms with E-state index in [1.54, 1.807) is 6.07 Å². The number of hydrogen-bond acceptors (Lipinski definition) is 2. The summed E-state index contributed by atoms with van der Waals surface area (Å²) in [6.45, 7) is 5.32. The molecule has 1 heterocycles. The molecule has 0 aliphatic carbocycles. The standard InChI is InChI=1S/C25H32FN3O/c1-3-19(4-2)25(30)27-17-11-5-6-16-24-28-22-14-9-10-15-23(22)29(24)18-20-12-7-8-13-21(20)26/h7-10,12-15,19H,3-6,11,16-18H2,1-2H3,(H,27,30). The molecule has 30 heavy (non-hydrogen) atoms. The van der Waals surface area contributed by atoms with Crippen LogP contribution >= 0.6 is 0 Å². The molecule has 5 heteroatoms. The summed E-state index contributed by atoms with van der Waals surface area (Å²) in [5.74, 6) is 1.10. The fourth-order valence-corrected chi connectivity index (χ4v) is 3.89. The van der Waals surface area contributed by atoms with Gasteiger partial charge in [-0.3, -0.25) is 4.79 Å². The summed E-state index contributed by atoms with van der Waals surface area (Å²) in [7, 11) is 0. The van der Waals surface area contributed by atoms with E-state index in [4.69, 9.17) is 4.98 Å². The second-order valence-electron chi connectivity index (χ2n) is 7.81. The Balaban J connectivity index is 1.58. The van der Waals surface area contributed by atoms with Crippen LogP contribution in [0.5, 0.6) is 0 Å². The molecule has 1 aromatic heterocycles. The Morgan fingerprint density at radius 1 is 1.03 bits per heavy atom. The van der Waals surface area contributed by atoms with Crippen LogP contribution in [0.3, 0.4) is 0 Å². The Labute approximate surface area is 178 Å². The number of fused-ring (bicyclic) bond motifs is 1. The largest absolute Gasteiger partial charge is 0.356 e. The number of nitrogens with zero attached hydrogens (tertiary/aromatic N) is 2. The molecule has 3 rings (SSSR count). The third-order valence-corrected chi connectivity index (χ3v) is 5.75. The van der Waals surface area contributed by atoms with Crippen LogP contribution in [0.4, 0.5) is 4.39 Å². The number of benzene rings is 2. The van der Waals surface area contributed by atoms with Gasteiger partial charge in [-0.15, -0.1) is 0 Å². The second kappa shape index (κ2) is 10.9. The average Bonchev–Trinajstić information content (AvgIpc) is 3.10. The molecule has 2 aromatic carbocycles. The number of rotatable bonds is 11. The van der Waals surface area contributed by atoms with Crippen molar-refractivity contribution < 1.29 is 9.18 Å². The summed E-state index contributed by atoms with van der Waals surface area (Å²) < 4.78 is 16.3. The first-order valence-corrected chi connectivity index (χ1v) is 11.1. The number of carbonyl (C=O) groups is 1. The van der Waals surface area contributed by atoms with Gasteiger partial charge in [-0.25, -0.2) is 9.37 Å². The molecule has 0 aliphatic heterocycles. The zero-order chi connectivity index (χ0) is 21.3. The van der Waals surface area contributed by atoms with Crippen LogP contribution in [-0.2, 0) is 17.8 Å². The quantitative estimate of drug-likeness (QED) is 0.426. The number of imidazole rings is 1. The highest BCUT2D eigenvalue weighted by atomic mass is 19.1. The van der Waals surface area contributed by atoms with Gasteiger partial charge in [-0.05, 0) is 43.9 Å². The van der Waals surface area contributed by atoms with Crippen molar-refractivity contribution in [2.45, 2.75) is 58.9 Å². The molecule has 160 valence electrons. The van der Waals surface area contributed by atoms with E-state index in [1.807, 2.05) is 36.4 Å². The van der Waals surface area contributed by atoms with Crippen molar-refractivity contribution in [2.75, 3.05) is 6.54 Å². The molecule has 0 unspecified atom stereocenters. The van der Waals surface area contributed by atoms with Gasteiger partial charge in [0.2, 0.25) is 5.91 Å². The smallest absolute Gasteiger partial charge is 0.223 e. The van der Waals surface area contributed by atoms with Crippen LogP contribution in [-0.4, -0.2) is 22.0 Å². The highest BCUT2D eigenvalue weighted by Crippen LogP contribution is 2.20. The molecule has 1 amide bonds. The summed E-state index contributed by atoms with van der Waals surface area (Å²) in [4.78, 5) is 16.9. The van der Waals surface area contributed by atoms with Gasteiger partial charge in [0.1, 0.15) is 11.6 Å². The minimum atomic E-state index is -0.186. The van der Waals surface area contributed by atoms with E-state index in [0.717, 1.165) is 61.9 Å². The molecule has 1 N–H and O–H groups in total. The Kier molecular flexibility index (Phi) is 8.00. The minimum absolute atomic E-state index is 0.128. The number of para-hydroxylation sites is 2. The summed E-state index contributed by atoms with van der Waals surface area (Å²) in [6, 6.07) is 14.9. The minimum Gasteiger partial charge on any atom is -0.356 e. The topological polar surface area (TPSA) is 46.9 Å². The van der Waals surface area contributed by atoms with Crippen LogP contribution < -0.4 is 5.32 Å². The van der Waals surface area contributed by atoms with Crippen molar-refractivity contribution in [3.05, 3.63) is 65.7 Å². The van der Waals surface area contributed by atoms with E-state index in [0.29, 0.717) is 12.1 Å². The first kappa shape index (κ1) is 22.0. The highest BCUT2D eigenvalue weighted by Gasteiger charge is 2.14. The predicted octanol–water partition coefficient (Wildman–Crippen LogP) is 5.49. The van der Waals surface area contributed by atoms with Gasteiger partial charge >= 0.3 is 0 Å². The lowest BCUT2D eigenvalue weighted by atomic mass is 10.0. The number of hydrogen-bond donors (Lipinski definition) is 1. The number of unbranched alkanes of at least 4 members (excludes halogenated alkanes) is 2. The molecule has 0 bridgehead atoms. The van der Waals surface area contributed by atoms with Crippen LogP contribution in [0.25, 0.3) is 11.0 Å². The lowest BCUT2D eigenvalue weighted by molar-refractivity contribution is -0.125. The Bertz CT molecular complexity index is 962. The fourth-order valence-electron chi connectivity index (χ4n) is 3.89. The van der Waals surface area contributed by atoms with Crippen molar-refractivity contribution in [3.8, 4) is 0 Å². The molecule has 4 nitrogen and oxygen atoms in total. The van der Waals surface area contributed by atoms with E-state index < -0.39 is 0 Å². The monoisotopic (exact) mass is 409 g/mol. The Morgan fingerprint density at radius 3 is 2.53 bits per heavy atom. The third kappa shape index (κ3) is 5.47. The zero-order valence-electron chi connectivity index (χ0n) is 18.0. The van der Waals surface area contributed by atoms with E-state index in [-0.39, 0.29) is 17.6 Å². The maximum absolute atomic E-state index is 14.2. The highest BCUT2D eigenvalue weighted by molar-refractivity contribution is 5.78. The van der Waals surface area contributed by atoms with Gasteiger partial charge in [-0.1, -0.05) is 50.6 Å². The van der Waals surface area contributed by atoms with E-state index in [9.17, 15) is 9.18 Å². The molecular weight excluding hydrogens is 377 g/mol. The van der Waals surface area contributed by atoms with Crippen molar-refractivity contribution in [3.63, 3.8) is 0 Å². The van der Waals surface area contributed by atoms with Gasteiger partial charge in [0.15, 0.2) is 0 Å². The number of amides is 1. The summed E-state index contributed by atoms with van der Waals surface area (Å²) in [5.41, 5.74) is 2.65. The molecule has 0 atom stereocenters. The molecule has 0 saturated heterocycles. The second-order valence-corrected chi connectivity index (χ2v) is 7.81. The normalized spacial score (nSPS) is 11.3. The molecule has 0 fully saturated rings. The molecule has 3 aromatic rings. The van der Waals surface area contributed by atoms with E-state index in [1.165, 1.54) is 6.07 Å². The van der Waals surface area contributed by atoms with E-state index in [2.05, 4.69) is 23.7 Å². The number of aryl methyl sites for hydroxylation is 1. The summed E-state index contributed by atoms with van der Waals surface area (Å²) >= 11 is 0. The summed E-state index contributed by atoms with van der Waals surface area (Å²) in [6.07, 6.45) is 5.58. The van der Waals surface area contributed by atoms with Crippen molar-refractivity contribution in [2.24, 2.45) is 5.92 Å². The number of carbonyl (C=O) groups excluding carboxylic acids is 1. The molecular formula is C25H32FN3O. The van der Waals surface area contributed by atoms with Crippen molar-refractivity contribution in [1.82, 2.24) is 14.9 Å². The summed E-state index contributed by atoms with van der Waals surface area (Å²) in [5, 5.41) is 3.05. The maximum atomic E-state index is 14.2. The van der Waals surface area contributed by atoms with Gasteiger partial charge in [0, 0.05) is 24.4 Å². The average molecular weight is 410 g/mol. The maximum Gasteiger partial charge on any atom is 0.223 e. The first-order valence-electron chi connectivity index (χ1n) is 11.1. The molecule has 0 radical (unpaired) electrons. The van der Waals surface area contributed by atoms with Gasteiger partial charge in [-0.2, -0.15) is 0 Å².